The van der Waals surface area contributed by atoms with Crippen LogP contribution in [-0.2, 0) is 4.74 Å². The summed E-state index contributed by atoms with van der Waals surface area (Å²) in [5, 5.41) is 0.0907. The maximum Gasteiger partial charge on any atom is 0.415 e. The van der Waals surface area contributed by atoms with Crippen LogP contribution in [0.2, 0.25) is 5.28 Å². The van der Waals surface area contributed by atoms with E-state index in [1.54, 1.807) is 33.9 Å². The maximum absolute atomic E-state index is 11.7. The molecule has 88 valence electrons. The average Bonchev–Trinajstić information content (AvgIpc) is 2.14. The molecule has 1 heterocycles. The minimum absolute atomic E-state index is 0.0907. The first-order valence-corrected chi connectivity index (χ1v) is 5.12. The molecule has 0 aromatic carbocycles. The predicted octanol–water partition coefficient (Wildman–Crippen LogP) is 2.50. The zero-order valence-corrected chi connectivity index (χ0v) is 10.4. The van der Waals surface area contributed by atoms with Crippen LogP contribution >= 0.6 is 11.6 Å². The summed E-state index contributed by atoms with van der Waals surface area (Å²) in [6.07, 6.45) is 0.994. The van der Waals surface area contributed by atoms with Crippen LogP contribution in [0.15, 0.2) is 12.3 Å². The van der Waals surface area contributed by atoms with Gasteiger partial charge in [0, 0.05) is 13.2 Å². The number of aromatic nitrogens is 2. The molecular weight excluding hydrogens is 230 g/mol. The highest BCUT2D eigenvalue weighted by molar-refractivity contribution is 6.28. The van der Waals surface area contributed by atoms with Crippen LogP contribution in [0, 0.1) is 0 Å². The second kappa shape index (κ2) is 4.65. The number of halogens is 1. The first kappa shape index (κ1) is 12.7. The summed E-state index contributed by atoms with van der Waals surface area (Å²) in [6.45, 7) is 5.39. The summed E-state index contributed by atoms with van der Waals surface area (Å²) < 4.78 is 5.18. The minimum Gasteiger partial charge on any atom is -0.443 e. The van der Waals surface area contributed by atoms with E-state index in [1.807, 2.05) is 0 Å². The largest absolute Gasteiger partial charge is 0.443 e. The van der Waals surface area contributed by atoms with E-state index in [2.05, 4.69) is 9.97 Å². The van der Waals surface area contributed by atoms with E-state index in [0.717, 1.165) is 0 Å². The fourth-order valence-electron chi connectivity index (χ4n) is 0.937. The van der Waals surface area contributed by atoms with Crippen molar-refractivity contribution in [3.63, 3.8) is 0 Å². The quantitative estimate of drug-likeness (QED) is 0.711. The topological polar surface area (TPSA) is 55.3 Å². The highest BCUT2D eigenvalue weighted by Gasteiger charge is 2.21. The fourth-order valence-corrected chi connectivity index (χ4v) is 1.08. The number of hydrogen-bond donors (Lipinski definition) is 0. The molecule has 1 amide bonds. The van der Waals surface area contributed by atoms with Gasteiger partial charge in [0.2, 0.25) is 5.28 Å². The van der Waals surface area contributed by atoms with E-state index < -0.39 is 11.7 Å². The zero-order valence-electron chi connectivity index (χ0n) is 9.69. The molecule has 16 heavy (non-hydrogen) atoms. The Balaban J connectivity index is 2.78. The van der Waals surface area contributed by atoms with Crippen LogP contribution in [0.1, 0.15) is 20.8 Å². The van der Waals surface area contributed by atoms with Crippen molar-refractivity contribution in [3.05, 3.63) is 17.5 Å². The number of nitrogens with zero attached hydrogens (tertiary/aromatic N) is 3. The lowest BCUT2D eigenvalue weighted by atomic mass is 10.2. The summed E-state index contributed by atoms with van der Waals surface area (Å²) in [5.74, 6) is 0.397. The number of carbonyl (C=O) groups is 1. The van der Waals surface area contributed by atoms with Gasteiger partial charge < -0.3 is 4.74 Å². The Hall–Kier alpha value is -1.36. The second-order valence-electron chi connectivity index (χ2n) is 4.22. The first-order valence-electron chi connectivity index (χ1n) is 4.75. The third-order valence-electron chi connectivity index (χ3n) is 1.62. The molecule has 0 radical (unpaired) electrons. The van der Waals surface area contributed by atoms with Gasteiger partial charge in [0.1, 0.15) is 11.4 Å². The van der Waals surface area contributed by atoms with Crippen LogP contribution < -0.4 is 4.90 Å². The van der Waals surface area contributed by atoms with Gasteiger partial charge in [-0.1, -0.05) is 0 Å². The number of carbonyl (C=O) groups excluding carboxylic acids is 1. The Morgan fingerprint density at radius 1 is 1.50 bits per heavy atom. The molecule has 0 saturated heterocycles. The molecule has 5 nitrogen and oxygen atoms in total. The van der Waals surface area contributed by atoms with Crippen molar-refractivity contribution in [3.8, 4) is 0 Å². The van der Waals surface area contributed by atoms with E-state index in [4.69, 9.17) is 16.3 Å². The molecular formula is C10H14ClN3O2. The van der Waals surface area contributed by atoms with Gasteiger partial charge in [-0.15, -0.1) is 0 Å². The number of amides is 1. The van der Waals surface area contributed by atoms with Gasteiger partial charge >= 0.3 is 6.09 Å². The lowest BCUT2D eigenvalue weighted by Gasteiger charge is -2.23. The number of hydrogen-bond acceptors (Lipinski definition) is 4. The fraction of sp³-hybridized carbons (Fsp3) is 0.500. The van der Waals surface area contributed by atoms with E-state index in [0.29, 0.717) is 5.82 Å². The first-order chi connectivity index (χ1) is 7.29. The Morgan fingerprint density at radius 2 is 2.12 bits per heavy atom. The molecule has 0 unspecified atom stereocenters. The Labute approximate surface area is 99.4 Å². The third-order valence-corrected chi connectivity index (χ3v) is 1.80. The molecule has 0 aliphatic rings. The molecule has 1 rings (SSSR count). The van der Waals surface area contributed by atoms with Gasteiger partial charge in [0.15, 0.2) is 0 Å². The summed E-state index contributed by atoms with van der Waals surface area (Å²) in [7, 11) is 1.56. The molecule has 0 spiro atoms. The number of ether oxygens (including phenoxy) is 1. The highest BCUT2D eigenvalue weighted by atomic mass is 35.5. The van der Waals surface area contributed by atoms with E-state index in [1.165, 1.54) is 11.1 Å². The van der Waals surface area contributed by atoms with Gasteiger partial charge in [0.05, 0.1) is 0 Å². The highest BCUT2D eigenvalue weighted by Crippen LogP contribution is 2.15. The molecule has 0 aliphatic heterocycles. The van der Waals surface area contributed by atoms with Crippen LogP contribution in [0.25, 0.3) is 0 Å². The van der Waals surface area contributed by atoms with Crippen molar-refractivity contribution in [1.82, 2.24) is 9.97 Å². The number of anilines is 1. The molecule has 0 fully saturated rings. The van der Waals surface area contributed by atoms with Crippen molar-refractivity contribution in [2.75, 3.05) is 11.9 Å². The molecule has 1 aromatic rings. The summed E-state index contributed by atoms with van der Waals surface area (Å²) in [4.78, 5) is 20.6. The van der Waals surface area contributed by atoms with E-state index in [9.17, 15) is 4.79 Å². The summed E-state index contributed by atoms with van der Waals surface area (Å²) in [5.41, 5.74) is -0.540. The van der Waals surface area contributed by atoms with Crippen molar-refractivity contribution < 1.29 is 9.53 Å². The second-order valence-corrected chi connectivity index (χ2v) is 4.56. The maximum atomic E-state index is 11.7. The van der Waals surface area contributed by atoms with E-state index in [-0.39, 0.29) is 5.28 Å². The van der Waals surface area contributed by atoms with Crippen molar-refractivity contribution in [1.29, 1.82) is 0 Å². The molecule has 0 N–H and O–H groups in total. The van der Waals surface area contributed by atoms with Gasteiger partial charge in [-0.25, -0.2) is 14.8 Å². The zero-order chi connectivity index (χ0) is 12.3. The van der Waals surface area contributed by atoms with Crippen molar-refractivity contribution in [2.24, 2.45) is 0 Å². The third kappa shape index (κ3) is 3.66. The van der Waals surface area contributed by atoms with E-state index >= 15 is 0 Å². The van der Waals surface area contributed by atoms with Crippen LogP contribution in [0.4, 0.5) is 10.6 Å². The Morgan fingerprint density at radius 3 is 2.62 bits per heavy atom. The molecule has 0 saturated carbocycles. The Kier molecular flexibility index (Phi) is 3.70. The normalized spacial score (nSPS) is 11.1. The van der Waals surface area contributed by atoms with Crippen molar-refractivity contribution in [2.45, 2.75) is 26.4 Å². The lowest BCUT2D eigenvalue weighted by Crippen LogP contribution is -2.34. The van der Waals surface area contributed by atoms with Gasteiger partial charge in [-0.05, 0) is 38.4 Å². The smallest absolute Gasteiger partial charge is 0.415 e. The van der Waals surface area contributed by atoms with Crippen LogP contribution in [-0.4, -0.2) is 28.7 Å². The minimum atomic E-state index is -0.540. The Bertz CT molecular complexity index is 390. The molecule has 0 bridgehead atoms. The lowest BCUT2D eigenvalue weighted by molar-refractivity contribution is 0.0588. The summed E-state index contributed by atoms with van der Waals surface area (Å²) >= 11 is 5.63. The molecule has 0 aliphatic carbocycles. The SMILES string of the molecule is CN(C(=O)OC(C)(C)C)c1ccnc(Cl)n1. The monoisotopic (exact) mass is 243 g/mol. The molecule has 0 atom stereocenters. The van der Waals surface area contributed by atoms with Crippen molar-refractivity contribution >= 4 is 23.5 Å². The number of rotatable bonds is 1. The molecule has 1 aromatic heterocycles. The standard InChI is InChI=1S/C10H14ClN3O2/c1-10(2,3)16-9(15)14(4)7-5-6-12-8(11)13-7/h5-6H,1-4H3. The predicted molar refractivity (Wildman–Crippen MR) is 61.7 cm³/mol. The van der Waals surface area contributed by atoms with Gasteiger partial charge in [0.25, 0.3) is 0 Å². The van der Waals surface area contributed by atoms with Crippen LogP contribution in [0.3, 0.4) is 0 Å². The average molecular weight is 244 g/mol. The molecule has 6 heteroatoms. The van der Waals surface area contributed by atoms with Gasteiger partial charge in [-0.3, -0.25) is 4.90 Å². The van der Waals surface area contributed by atoms with Gasteiger partial charge in [-0.2, -0.15) is 0 Å². The summed E-state index contributed by atoms with van der Waals surface area (Å²) in [6, 6.07) is 1.58. The van der Waals surface area contributed by atoms with Crippen LogP contribution in [0.5, 0.6) is 0 Å².